The lowest BCUT2D eigenvalue weighted by molar-refractivity contribution is 0.437. The molecule has 0 aromatic heterocycles. The standard InChI is InChI=1S/C9H18N2S/c1-4-9(5-6-10)12-8-7-11(2)3/h9H,4-5,7-8H2,1-3H3. The van der Waals surface area contributed by atoms with Gasteiger partial charge in [0.2, 0.25) is 0 Å². The monoisotopic (exact) mass is 186 g/mol. The van der Waals surface area contributed by atoms with Crippen molar-refractivity contribution in [2.75, 3.05) is 26.4 Å². The van der Waals surface area contributed by atoms with Crippen LogP contribution in [0.5, 0.6) is 0 Å². The van der Waals surface area contributed by atoms with Crippen molar-refractivity contribution in [3.8, 4) is 6.07 Å². The highest BCUT2D eigenvalue weighted by atomic mass is 32.2. The Morgan fingerprint density at radius 3 is 2.58 bits per heavy atom. The van der Waals surface area contributed by atoms with Crippen LogP contribution in [0.1, 0.15) is 19.8 Å². The van der Waals surface area contributed by atoms with Gasteiger partial charge in [-0.05, 0) is 20.5 Å². The van der Waals surface area contributed by atoms with Crippen LogP contribution in [0.15, 0.2) is 0 Å². The molecule has 12 heavy (non-hydrogen) atoms. The van der Waals surface area contributed by atoms with Gasteiger partial charge in [0, 0.05) is 24.0 Å². The van der Waals surface area contributed by atoms with Gasteiger partial charge in [-0.2, -0.15) is 17.0 Å². The minimum absolute atomic E-state index is 0.537. The number of rotatable bonds is 6. The van der Waals surface area contributed by atoms with E-state index >= 15 is 0 Å². The highest BCUT2D eigenvalue weighted by molar-refractivity contribution is 7.99. The van der Waals surface area contributed by atoms with E-state index in [9.17, 15) is 0 Å². The summed E-state index contributed by atoms with van der Waals surface area (Å²) in [6.07, 6.45) is 1.79. The van der Waals surface area contributed by atoms with E-state index in [0.29, 0.717) is 11.7 Å². The van der Waals surface area contributed by atoms with Gasteiger partial charge in [-0.15, -0.1) is 0 Å². The molecule has 0 spiro atoms. The van der Waals surface area contributed by atoms with Gasteiger partial charge < -0.3 is 4.90 Å². The van der Waals surface area contributed by atoms with E-state index in [1.54, 1.807) is 0 Å². The Balaban J connectivity index is 3.39. The third kappa shape index (κ3) is 6.51. The maximum absolute atomic E-state index is 8.50. The van der Waals surface area contributed by atoms with Crippen LogP contribution in [0.2, 0.25) is 0 Å². The summed E-state index contributed by atoms with van der Waals surface area (Å²) < 4.78 is 0. The lowest BCUT2D eigenvalue weighted by Crippen LogP contribution is -2.16. The molecule has 0 fully saturated rings. The molecule has 0 bridgehead atoms. The molecule has 0 aliphatic carbocycles. The second-order valence-electron chi connectivity index (χ2n) is 3.07. The van der Waals surface area contributed by atoms with Gasteiger partial charge in [0.25, 0.3) is 0 Å². The van der Waals surface area contributed by atoms with Crippen molar-refractivity contribution in [1.82, 2.24) is 4.90 Å². The molecule has 0 aromatic carbocycles. The van der Waals surface area contributed by atoms with Gasteiger partial charge >= 0.3 is 0 Å². The van der Waals surface area contributed by atoms with Crippen LogP contribution in [0.4, 0.5) is 0 Å². The zero-order valence-electron chi connectivity index (χ0n) is 8.21. The van der Waals surface area contributed by atoms with Gasteiger partial charge in [-0.3, -0.25) is 0 Å². The Labute approximate surface area is 79.9 Å². The fourth-order valence-corrected chi connectivity index (χ4v) is 2.06. The zero-order chi connectivity index (χ0) is 9.40. The van der Waals surface area contributed by atoms with Crippen LogP contribution >= 0.6 is 11.8 Å². The SMILES string of the molecule is CCC(CC#N)SCCN(C)C. The van der Waals surface area contributed by atoms with Crippen LogP contribution in [0, 0.1) is 11.3 Å². The predicted octanol–water partition coefficient (Wildman–Crippen LogP) is 1.97. The fourth-order valence-electron chi connectivity index (χ4n) is 0.825. The van der Waals surface area contributed by atoms with E-state index in [1.165, 1.54) is 0 Å². The molecule has 1 atom stereocenters. The predicted molar refractivity (Wildman–Crippen MR) is 55.3 cm³/mol. The Morgan fingerprint density at radius 1 is 1.50 bits per heavy atom. The maximum Gasteiger partial charge on any atom is 0.0633 e. The van der Waals surface area contributed by atoms with E-state index in [4.69, 9.17) is 5.26 Å². The summed E-state index contributed by atoms with van der Waals surface area (Å²) in [5.74, 6) is 1.13. The third-order valence-corrected chi connectivity index (χ3v) is 3.06. The lowest BCUT2D eigenvalue weighted by atomic mass is 10.3. The normalized spacial score (nSPS) is 12.9. The van der Waals surface area contributed by atoms with Crippen molar-refractivity contribution in [2.45, 2.75) is 25.0 Å². The average molecular weight is 186 g/mol. The molecule has 0 heterocycles. The summed E-state index contributed by atoms with van der Waals surface area (Å²) in [6.45, 7) is 3.25. The van der Waals surface area contributed by atoms with Crippen molar-refractivity contribution >= 4 is 11.8 Å². The smallest absolute Gasteiger partial charge is 0.0633 e. The molecule has 0 rings (SSSR count). The molecule has 0 aliphatic heterocycles. The first-order valence-electron chi connectivity index (χ1n) is 4.34. The summed E-state index contributed by atoms with van der Waals surface area (Å²) in [5, 5.41) is 9.04. The minimum atomic E-state index is 0.537. The number of hydrogen-bond donors (Lipinski definition) is 0. The Kier molecular flexibility index (Phi) is 7.33. The first kappa shape index (κ1) is 11.8. The fraction of sp³-hybridized carbons (Fsp3) is 0.889. The number of nitrogens with zero attached hydrogens (tertiary/aromatic N) is 2. The molecule has 0 aliphatic rings. The summed E-state index contributed by atoms with van der Waals surface area (Å²) in [7, 11) is 4.15. The molecule has 0 amide bonds. The molecule has 70 valence electrons. The average Bonchev–Trinajstić information content (AvgIpc) is 2.02. The topological polar surface area (TPSA) is 27.0 Å². The minimum Gasteiger partial charge on any atom is -0.309 e. The second kappa shape index (κ2) is 7.45. The quantitative estimate of drug-likeness (QED) is 0.634. The third-order valence-electron chi connectivity index (χ3n) is 1.67. The summed E-state index contributed by atoms with van der Waals surface area (Å²) in [4.78, 5) is 2.17. The molecular formula is C9H18N2S. The van der Waals surface area contributed by atoms with Crippen LogP contribution in [0.3, 0.4) is 0 Å². The van der Waals surface area contributed by atoms with Gasteiger partial charge in [0.15, 0.2) is 0 Å². The highest BCUT2D eigenvalue weighted by Crippen LogP contribution is 2.17. The van der Waals surface area contributed by atoms with Gasteiger partial charge in [-0.1, -0.05) is 6.92 Å². The molecule has 1 unspecified atom stereocenters. The number of thioether (sulfide) groups is 1. The van der Waals surface area contributed by atoms with Crippen molar-refractivity contribution in [3.63, 3.8) is 0 Å². The zero-order valence-corrected chi connectivity index (χ0v) is 9.02. The molecule has 0 saturated carbocycles. The molecule has 0 N–H and O–H groups in total. The van der Waals surface area contributed by atoms with Crippen LogP contribution in [0.25, 0.3) is 0 Å². The Bertz CT molecular complexity index is 140. The van der Waals surface area contributed by atoms with Crippen molar-refractivity contribution in [2.24, 2.45) is 0 Å². The largest absolute Gasteiger partial charge is 0.309 e. The van der Waals surface area contributed by atoms with Crippen molar-refractivity contribution < 1.29 is 0 Å². The summed E-state index contributed by atoms with van der Waals surface area (Å²) in [6, 6.07) is 2.22. The van der Waals surface area contributed by atoms with Crippen molar-refractivity contribution in [3.05, 3.63) is 0 Å². The van der Waals surface area contributed by atoms with Crippen molar-refractivity contribution in [1.29, 1.82) is 5.26 Å². The van der Waals surface area contributed by atoms with E-state index in [1.807, 2.05) is 11.8 Å². The summed E-state index contributed by atoms with van der Waals surface area (Å²) in [5.41, 5.74) is 0. The van der Waals surface area contributed by atoms with Gasteiger partial charge in [0.05, 0.1) is 6.07 Å². The Hall–Kier alpha value is -0.200. The molecule has 0 radical (unpaired) electrons. The summed E-state index contributed by atoms with van der Waals surface area (Å²) >= 11 is 1.91. The second-order valence-corrected chi connectivity index (χ2v) is 4.47. The first-order valence-corrected chi connectivity index (χ1v) is 5.38. The highest BCUT2D eigenvalue weighted by Gasteiger charge is 2.05. The molecular weight excluding hydrogens is 168 g/mol. The van der Waals surface area contributed by atoms with Gasteiger partial charge in [-0.25, -0.2) is 0 Å². The Morgan fingerprint density at radius 2 is 2.17 bits per heavy atom. The maximum atomic E-state index is 8.50. The van der Waals surface area contributed by atoms with Crippen LogP contribution < -0.4 is 0 Å². The molecule has 2 nitrogen and oxygen atoms in total. The van der Waals surface area contributed by atoms with E-state index in [-0.39, 0.29) is 0 Å². The van der Waals surface area contributed by atoms with Crippen LogP contribution in [-0.4, -0.2) is 36.5 Å². The lowest BCUT2D eigenvalue weighted by Gasteiger charge is -2.13. The number of hydrogen-bond acceptors (Lipinski definition) is 3. The van der Waals surface area contributed by atoms with E-state index < -0.39 is 0 Å². The van der Waals surface area contributed by atoms with E-state index in [0.717, 1.165) is 18.7 Å². The number of nitriles is 1. The molecule has 3 heteroatoms. The first-order chi connectivity index (χ1) is 5.70. The van der Waals surface area contributed by atoms with E-state index in [2.05, 4.69) is 32.0 Å². The van der Waals surface area contributed by atoms with Crippen LogP contribution in [-0.2, 0) is 0 Å². The molecule has 0 aromatic rings. The van der Waals surface area contributed by atoms with Gasteiger partial charge in [0.1, 0.15) is 0 Å². The molecule has 0 saturated heterocycles.